The largest absolute Gasteiger partial charge is 0.459 e. The van der Waals surface area contributed by atoms with Gasteiger partial charge in [-0.2, -0.15) is 0 Å². The minimum Gasteiger partial charge on any atom is -0.459 e. The van der Waals surface area contributed by atoms with Crippen LogP contribution in [0.2, 0.25) is 0 Å². The zero-order chi connectivity index (χ0) is 19.7. The molecule has 7 heteroatoms. The summed E-state index contributed by atoms with van der Waals surface area (Å²) in [6, 6.07) is 4.67. The molecule has 1 rings (SSSR count). The molecule has 0 aliphatic carbocycles. The highest BCUT2D eigenvalue weighted by Gasteiger charge is 2.17. The number of hydrogen-bond donors (Lipinski definition) is 2. The molecular weight excluding hydrogens is 352 g/mol. The monoisotopic (exact) mass is 380 g/mol. The third kappa shape index (κ3) is 7.82. The Balaban J connectivity index is 3.05. The molecule has 0 saturated heterocycles. The summed E-state index contributed by atoms with van der Waals surface area (Å²) in [6.07, 6.45) is 1.52. The van der Waals surface area contributed by atoms with Crippen molar-refractivity contribution in [2.24, 2.45) is 0 Å². The standard InChI is InChI=1S/C19H28N2O4S/c1-6-7-8-20-19(26)21-16-10-14(17(22)24-12(2)3)9-15(11-16)18(23)25-13(4)5/h9-13H,6-8H2,1-5H3,(H2,20,21,26). The average Bonchev–Trinajstić information content (AvgIpc) is 2.53. The van der Waals surface area contributed by atoms with Crippen molar-refractivity contribution >= 4 is 35.0 Å². The first-order chi connectivity index (χ1) is 12.2. The number of benzene rings is 1. The van der Waals surface area contributed by atoms with Crippen LogP contribution in [-0.2, 0) is 9.47 Å². The molecular formula is C19H28N2O4S. The van der Waals surface area contributed by atoms with Gasteiger partial charge in [-0.05, 0) is 64.5 Å². The normalized spacial score (nSPS) is 10.6. The topological polar surface area (TPSA) is 76.7 Å². The van der Waals surface area contributed by atoms with Crippen molar-refractivity contribution in [2.75, 3.05) is 11.9 Å². The van der Waals surface area contributed by atoms with Crippen LogP contribution in [-0.4, -0.2) is 35.8 Å². The molecule has 0 unspecified atom stereocenters. The van der Waals surface area contributed by atoms with Crippen LogP contribution < -0.4 is 10.6 Å². The zero-order valence-electron chi connectivity index (χ0n) is 16.0. The fraction of sp³-hybridized carbons (Fsp3) is 0.526. The van der Waals surface area contributed by atoms with Crippen LogP contribution >= 0.6 is 12.2 Å². The van der Waals surface area contributed by atoms with Crippen LogP contribution in [0.25, 0.3) is 0 Å². The number of rotatable bonds is 8. The van der Waals surface area contributed by atoms with E-state index in [-0.39, 0.29) is 23.3 Å². The lowest BCUT2D eigenvalue weighted by Crippen LogP contribution is -2.29. The number of thiocarbonyl (C=S) groups is 1. The van der Waals surface area contributed by atoms with Crippen LogP contribution in [0.5, 0.6) is 0 Å². The van der Waals surface area contributed by atoms with Crippen molar-refractivity contribution in [3.05, 3.63) is 29.3 Å². The molecule has 0 heterocycles. The van der Waals surface area contributed by atoms with Gasteiger partial charge in [-0.1, -0.05) is 13.3 Å². The number of ether oxygens (including phenoxy) is 2. The van der Waals surface area contributed by atoms with Gasteiger partial charge in [0.25, 0.3) is 0 Å². The Bertz CT molecular complexity index is 604. The van der Waals surface area contributed by atoms with Gasteiger partial charge in [-0.25, -0.2) is 9.59 Å². The van der Waals surface area contributed by atoms with Crippen molar-refractivity contribution in [3.63, 3.8) is 0 Å². The third-order valence-corrected chi connectivity index (χ3v) is 3.41. The molecule has 0 radical (unpaired) electrons. The van der Waals surface area contributed by atoms with Gasteiger partial charge in [0.2, 0.25) is 0 Å². The summed E-state index contributed by atoms with van der Waals surface area (Å²) < 4.78 is 10.4. The Labute approximate surface area is 160 Å². The van der Waals surface area contributed by atoms with Gasteiger partial charge in [-0.3, -0.25) is 0 Å². The minimum absolute atomic E-state index is 0.260. The van der Waals surface area contributed by atoms with Gasteiger partial charge in [0.15, 0.2) is 5.11 Å². The second-order valence-electron chi connectivity index (χ2n) is 6.44. The smallest absolute Gasteiger partial charge is 0.338 e. The highest BCUT2D eigenvalue weighted by Crippen LogP contribution is 2.18. The molecule has 1 aromatic carbocycles. The van der Waals surface area contributed by atoms with Gasteiger partial charge < -0.3 is 20.1 Å². The minimum atomic E-state index is -0.507. The van der Waals surface area contributed by atoms with Gasteiger partial charge in [0.05, 0.1) is 23.3 Å². The summed E-state index contributed by atoms with van der Waals surface area (Å²) in [5, 5.41) is 6.51. The van der Waals surface area contributed by atoms with Gasteiger partial charge in [0, 0.05) is 12.2 Å². The highest BCUT2D eigenvalue weighted by atomic mass is 32.1. The van der Waals surface area contributed by atoms with E-state index in [0.717, 1.165) is 19.4 Å². The van der Waals surface area contributed by atoms with Gasteiger partial charge >= 0.3 is 11.9 Å². The number of nitrogens with one attached hydrogen (secondary N) is 2. The van der Waals surface area contributed by atoms with Crippen molar-refractivity contribution in [2.45, 2.75) is 59.7 Å². The molecule has 2 N–H and O–H groups in total. The Hall–Kier alpha value is -2.15. The summed E-state index contributed by atoms with van der Waals surface area (Å²) in [7, 11) is 0. The first-order valence-corrected chi connectivity index (χ1v) is 9.25. The molecule has 0 bridgehead atoms. The predicted molar refractivity (Wildman–Crippen MR) is 107 cm³/mol. The third-order valence-electron chi connectivity index (χ3n) is 3.16. The molecule has 0 aliphatic rings. The van der Waals surface area contributed by atoms with E-state index < -0.39 is 11.9 Å². The van der Waals surface area contributed by atoms with Gasteiger partial charge in [0.1, 0.15) is 0 Å². The lowest BCUT2D eigenvalue weighted by molar-refractivity contribution is 0.0377. The van der Waals surface area contributed by atoms with E-state index in [1.54, 1.807) is 39.8 Å². The molecule has 0 aromatic heterocycles. The van der Waals surface area contributed by atoms with E-state index in [2.05, 4.69) is 17.6 Å². The Morgan fingerprint density at radius 2 is 1.50 bits per heavy atom. The van der Waals surface area contributed by atoms with Crippen LogP contribution in [0, 0.1) is 0 Å². The zero-order valence-corrected chi connectivity index (χ0v) is 16.9. The van der Waals surface area contributed by atoms with Crippen molar-refractivity contribution in [1.82, 2.24) is 5.32 Å². The van der Waals surface area contributed by atoms with Crippen molar-refractivity contribution < 1.29 is 19.1 Å². The van der Waals surface area contributed by atoms with Crippen LogP contribution in [0.1, 0.15) is 68.2 Å². The predicted octanol–water partition coefficient (Wildman–Crippen LogP) is 3.90. The molecule has 0 spiro atoms. The molecule has 6 nitrogen and oxygen atoms in total. The van der Waals surface area contributed by atoms with E-state index >= 15 is 0 Å². The molecule has 0 atom stereocenters. The fourth-order valence-electron chi connectivity index (χ4n) is 2.05. The summed E-state index contributed by atoms with van der Waals surface area (Å²) in [5.74, 6) is -1.01. The SMILES string of the molecule is CCCCNC(=S)Nc1cc(C(=O)OC(C)C)cc(C(=O)OC(C)C)c1. The maximum atomic E-state index is 12.3. The van der Waals surface area contributed by atoms with E-state index in [4.69, 9.17) is 21.7 Å². The number of carbonyl (C=O) groups excluding carboxylic acids is 2. The maximum absolute atomic E-state index is 12.3. The number of anilines is 1. The first kappa shape index (κ1) is 21.9. The Kier molecular flexibility index (Phi) is 9.05. The van der Waals surface area contributed by atoms with E-state index in [9.17, 15) is 9.59 Å². The summed E-state index contributed by atoms with van der Waals surface area (Å²) >= 11 is 5.25. The van der Waals surface area contributed by atoms with Gasteiger partial charge in [-0.15, -0.1) is 0 Å². The van der Waals surface area contributed by atoms with E-state index in [1.807, 2.05) is 0 Å². The molecule has 1 aromatic rings. The van der Waals surface area contributed by atoms with Crippen LogP contribution in [0.15, 0.2) is 18.2 Å². The van der Waals surface area contributed by atoms with Crippen LogP contribution in [0.3, 0.4) is 0 Å². The first-order valence-electron chi connectivity index (χ1n) is 8.84. The van der Waals surface area contributed by atoms with Crippen molar-refractivity contribution in [3.8, 4) is 0 Å². The summed E-state index contributed by atoms with van der Waals surface area (Å²) in [6.45, 7) is 9.90. The van der Waals surface area contributed by atoms with E-state index in [0.29, 0.717) is 10.8 Å². The number of carbonyl (C=O) groups is 2. The summed E-state index contributed by atoms with van der Waals surface area (Å²) in [4.78, 5) is 24.5. The van der Waals surface area contributed by atoms with Crippen molar-refractivity contribution in [1.29, 1.82) is 0 Å². The molecule has 144 valence electrons. The quantitative estimate of drug-likeness (QED) is 0.402. The lowest BCUT2D eigenvalue weighted by Gasteiger charge is -2.14. The second-order valence-corrected chi connectivity index (χ2v) is 6.85. The number of hydrogen-bond acceptors (Lipinski definition) is 5. The molecule has 0 aliphatic heterocycles. The molecule has 0 amide bonds. The molecule has 26 heavy (non-hydrogen) atoms. The summed E-state index contributed by atoms with van der Waals surface area (Å²) in [5.41, 5.74) is 1.04. The molecule has 0 fully saturated rings. The average molecular weight is 381 g/mol. The maximum Gasteiger partial charge on any atom is 0.338 e. The Morgan fingerprint density at radius 3 is 1.92 bits per heavy atom. The van der Waals surface area contributed by atoms with Crippen LogP contribution in [0.4, 0.5) is 5.69 Å². The number of esters is 2. The fourth-order valence-corrected chi connectivity index (χ4v) is 2.27. The highest BCUT2D eigenvalue weighted by molar-refractivity contribution is 7.80. The Morgan fingerprint density at radius 1 is 1.00 bits per heavy atom. The number of unbranched alkanes of at least 4 members (excludes halogenated alkanes) is 1. The lowest BCUT2D eigenvalue weighted by atomic mass is 10.1. The van der Waals surface area contributed by atoms with E-state index in [1.165, 1.54) is 6.07 Å². The molecule has 0 saturated carbocycles. The second kappa shape index (κ2) is 10.8.